The number of ether oxygens (including phenoxy) is 2. The highest BCUT2D eigenvalue weighted by molar-refractivity contribution is 5.48. The number of nitrogens with one attached hydrogen (secondary N) is 1. The standard InChI is InChI=1S/C18H22N2O2/c1-12-8-14-9-17(21-3)15(10-18(14)22-12)11-20-13(2)16-6-4-5-7-19-16/h4-7,9-10,12-13,20H,8,11H2,1-3H3/t12-,13+/m0/s1. The van der Waals surface area contributed by atoms with E-state index in [4.69, 9.17) is 9.47 Å². The molecule has 0 unspecified atom stereocenters. The molecule has 0 saturated heterocycles. The van der Waals surface area contributed by atoms with Gasteiger partial charge in [-0.05, 0) is 38.1 Å². The van der Waals surface area contributed by atoms with Crippen LogP contribution in [0.5, 0.6) is 11.5 Å². The molecular weight excluding hydrogens is 276 g/mol. The van der Waals surface area contributed by atoms with Crippen LogP contribution in [0.25, 0.3) is 0 Å². The molecule has 2 atom stereocenters. The molecule has 2 aromatic rings. The van der Waals surface area contributed by atoms with E-state index >= 15 is 0 Å². The van der Waals surface area contributed by atoms with Gasteiger partial charge in [0.1, 0.15) is 17.6 Å². The Balaban J connectivity index is 1.74. The lowest BCUT2D eigenvalue weighted by atomic mass is 10.1. The summed E-state index contributed by atoms with van der Waals surface area (Å²) in [5.74, 6) is 1.90. The summed E-state index contributed by atoms with van der Waals surface area (Å²) in [6.45, 7) is 4.92. The Bertz CT molecular complexity index is 643. The zero-order valence-electron chi connectivity index (χ0n) is 13.3. The first-order valence-corrected chi connectivity index (χ1v) is 7.68. The van der Waals surface area contributed by atoms with Crippen LogP contribution in [0.4, 0.5) is 0 Å². The van der Waals surface area contributed by atoms with Gasteiger partial charge >= 0.3 is 0 Å². The first-order valence-electron chi connectivity index (χ1n) is 7.68. The molecule has 0 aliphatic carbocycles. The van der Waals surface area contributed by atoms with Crippen LogP contribution >= 0.6 is 0 Å². The van der Waals surface area contributed by atoms with Crippen molar-refractivity contribution in [1.82, 2.24) is 10.3 Å². The van der Waals surface area contributed by atoms with Crippen LogP contribution in [0.15, 0.2) is 36.5 Å². The highest BCUT2D eigenvalue weighted by Crippen LogP contribution is 2.35. The number of benzene rings is 1. The summed E-state index contributed by atoms with van der Waals surface area (Å²) < 4.78 is 11.4. The Hall–Kier alpha value is -2.07. The van der Waals surface area contributed by atoms with Crippen LogP contribution in [0, 0.1) is 0 Å². The fraction of sp³-hybridized carbons (Fsp3) is 0.389. The SMILES string of the molecule is COc1cc2c(cc1CN[C@H](C)c1ccccn1)O[C@@H](C)C2. The van der Waals surface area contributed by atoms with Crippen molar-refractivity contribution < 1.29 is 9.47 Å². The number of hydrogen-bond donors (Lipinski definition) is 1. The lowest BCUT2D eigenvalue weighted by Gasteiger charge is -2.16. The minimum absolute atomic E-state index is 0.180. The summed E-state index contributed by atoms with van der Waals surface area (Å²) in [5.41, 5.74) is 3.37. The first-order chi connectivity index (χ1) is 10.7. The van der Waals surface area contributed by atoms with Crippen molar-refractivity contribution in [2.24, 2.45) is 0 Å². The third-order valence-corrected chi connectivity index (χ3v) is 4.03. The van der Waals surface area contributed by atoms with E-state index in [1.165, 1.54) is 5.56 Å². The molecule has 3 rings (SSSR count). The Morgan fingerprint density at radius 3 is 3.00 bits per heavy atom. The summed E-state index contributed by atoms with van der Waals surface area (Å²) in [6.07, 6.45) is 3.01. The zero-order valence-corrected chi connectivity index (χ0v) is 13.3. The van der Waals surface area contributed by atoms with Crippen LogP contribution in [0.1, 0.15) is 36.7 Å². The normalized spacial score (nSPS) is 17.7. The zero-order chi connectivity index (χ0) is 15.5. The molecule has 0 amide bonds. The molecule has 1 aromatic heterocycles. The van der Waals surface area contributed by atoms with Crippen molar-refractivity contribution in [3.8, 4) is 11.5 Å². The Labute approximate surface area is 131 Å². The van der Waals surface area contributed by atoms with Crippen molar-refractivity contribution in [3.63, 3.8) is 0 Å². The largest absolute Gasteiger partial charge is 0.496 e. The van der Waals surface area contributed by atoms with Gasteiger partial charge in [-0.15, -0.1) is 0 Å². The number of rotatable bonds is 5. The monoisotopic (exact) mass is 298 g/mol. The van der Waals surface area contributed by atoms with Gasteiger partial charge in [-0.2, -0.15) is 0 Å². The fourth-order valence-electron chi connectivity index (χ4n) is 2.81. The summed E-state index contributed by atoms with van der Waals surface area (Å²) >= 11 is 0. The predicted molar refractivity (Wildman–Crippen MR) is 86.3 cm³/mol. The molecule has 0 spiro atoms. The highest BCUT2D eigenvalue weighted by atomic mass is 16.5. The van der Waals surface area contributed by atoms with Crippen LogP contribution in [0.2, 0.25) is 0 Å². The Kier molecular flexibility index (Phi) is 4.29. The number of aromatic nitrogens is 1. The summed E-state index contributed by atoms with van der Waals surface area (Å²) in [5, 5.41) is 3.49. The van der Waals surface area contributed by atoms with Crippen LogP contribution < -0.4 is 14.8 Å². The van der Waals surface area contributed by atoms with E-state index < -0.39 is 0 Å². The van der Waals surface area contributed by atoms with Gasteiger partial charge in [0.2, 0.25) is 0 Å². The number of fused-ring (bicyclic) bond motifs is 1. The third-order valence-electron chi connectivity index (χ3n) is 4.03. The van der Waals surface area contributed by atoms with Gasteiger partial charge in [-0.1, -0.05) is 6.07 Å². The smallest absolute Gasteiger partial charge is 0.123 e. The van der Waals surface area contributed by atoms with E-state index in [0.29, 0.717) is 6.54 Å². The molecule has 4 heteroatoms. The van der Waals surface area contributed by atoms with Gasteiger partial charge in [0, 0.05) is 36.3 Å². The number of nitrogens with zero attached hydrogens (tertiary/aromatic N) is 1. The summed E-state index contributed by atoms with van der Waals surface area (Å²) in [6, 6.07) is 10.3. The maximum Gasteiger partial charge on any atom is 0.123 e. The Morgan fingerprint density at radius 1 is 1.41 bits per heavy atom. The molecule has 1 aliphatic heterocycles. The van der Waals surface area contributed by atoms with Crippen molar-refractivity contribution >= 4 is 0 Å². The van der Waals surface area contributed by atoms with Gasteiger partial charge in [-0.3, -0.25) is 4.98 Å². The lowest BCUT2D eigenvalue weighted by Crippen LogP contribution is -2.19. The quantitative estimate of drug-likeness (QED) is 0.920. The number of methoxy groups -OCH3 is 1. The number of hydrogen-bond acceptors (Lipinski definition) is 4. The molecule has 116 valence electrons. The van der Waals surface area contributed by atoms with E-state index in [0.717, 1.165) is 29.2 Å². The minimum Gasteiger partial charge on any atom is -0.496 e. The maximum absolute atomic E-state index is 5.84. The first kappa shape index (κ1) is 14.9. The van der Waals surface area contributed by atoms with Crippen LogP contribution in [-0.2, 0) is 13.0 Å². The van der Waals surface area contributed by atoms with Gasteiger partial charge in [0.25, 0.3) is 0 Å². The summed E-state index contributed by atoms with van der Waals surface area (Å²) in [7, 11) is 1.71. The van der Waals surface area contributed by atoms with Crippen LogP contribution in [-0.4, -0.2) is 18.2 Å². The second-order valence-electron chi connectivity index (χ2n) is 5.76. The average Bonchev–Trinajstić information content (AvgIpc) is 2.91. The molecule has 1 aromatic carbocycles. The van der Waals surface area contributed by atoms with E-state index in [1.54, 1.807) is 7.11 Å². The maximum atomic E-state index is 5.84. The van der Waals surface area contributed by atoms with E-state index in [-0.39, 0.29) is 12.1 Å². The molecule has 0 bridgehead atoms. The number of pyridine rings is 1. The molecule has 0 radical (unpaired) electrons. The molecule has 0 fully saturated rings. The molecule has 22 heavy (non-hydrogen) atoms. The van der Waals surface area contributed by atoms with E-state index in [1.807, 2.05) is 24.4 Å². The summed E-state index contributed by atoms with van der Waals surface area (Å²) in [4.78, 5) is 4.38. The fourth-order valence-corrected chi connectivity index (χ4v) is 2.81. The molecular formula is C18H22N2O2. The van der Waals surface area contributed by atoms with Gasteiger partial charge in [-0.25, -0.2) is 0 Å². The molecule has 2 heterocycles. The minimum atomic E-state index is 0.180. The van der Waals surface area contributed by atoms with Crippen molar-refractivity contribution in [2.45, 2.75) is 39.0 Å². The second-order valence-corrected chi connectivity index (χ2v) is 5.76. The van der Waals surface area contributed by atoms with Gasteiger partial charge in [0.15, 0.2) is 0 Å². The molecule has 0 saturated carbocycles. The van der Waals surface area contributed by atoms with Gasteiger partial charge in [0.05, 0.1) is 12.8 Å². The molecule has 1 aliphatic rings. The van der Waals surface area contributed by atoms with Crippen molar-refractivity contribution in [3.05, 3.63) is 53.3 Å². The third kappa shape index (κ3) is 3.07. The van der Waals surface area contributed by atoms with Crippen molar-refractivity contribution in [2.75, 3.05) is 7.11 Å². The van der Waals surface area contributed by atoms with E-state index in [9.17, 15) is 0 Å². The van der Waals surface area contributed by atoms with Crippen LogP contribution in [0.3, 0.4) is 0 Å². The topological polar surface area (TPSA) is 43.4 Å². The van der Waals surface area contributed by atoms with Gasteiger partial charge < -0.3 is 14.8 Å². The lowest BCUT2D eigenvalue weighted by molar-refractivity contribution is 0.254. The average molecular weight is 298 g/mol. The molecule has 1 N–H and O–H groups in total. The van der Waals surface area contributed by atoms with Crippen molar-refractivity contribution in [1.29, 1.82) is 0 Å². The predicted octanol–water partition coefficient (Wildman–Crippen LogP) is 3.26. The second kappa shape index (κ2) is 6.36. The van der Waals surface area contributed by atoms with E-state index in [2.05, 4.69) is 36.3 Å². The molecule has 4 nitrogen and oxygen atoms in total. The Morgan fingerprint density at radius 2 is 2.27 bits per heavy atom. The highest BCUT2D eigenvalue weighted by Gasteiger charge is 2.21.